The zero-order valence-electron chi connectivity index (χ0n) is 19.6. The Bertz CT molecular complexity index is 1230. The van der Waals surface area contributed by atoms with Crippen molar-refractivity contribution in [2.45, 2.75) is 64.5 Å². The fraction of sp³-hybridized carbons (Fsp3) is 0.407. The predicted molar refractivity (Wildman–Crippen MR) is 131 cm³/mol. The summed E-state index contributed by atoms with van der Waals surface area (Å²) in [4.78, 5) is 38.3. The lowest BCUT2D eigenvalue weighted by molar-refractivity contribution is -0.125. The molecule has 1 heterocycles. The first-order valence-corrected chi connectivity index (χ1v) is 12.1. The second-order valence-corrected chi connectivity index (χ2v) is 8.77. The quantitative estimate of drug-likeness (QED) is 0.378. The Morgan fingerprint density at radius 3 is 2.65 bits per heavy atom. The molecule has 1 atom stereocenters. The number of benzene rings is 2. The molecule has 0 saturated heterocycles. The number of rotatable bonds is 9. The first kappa shape index (κ1) is 23.7. The third kappa shape index (κ3) is 5.35. The molecule has 7 nitrogen and oxygen atoms in total. The number of aromatic nitrogens is 2. The van der Waals surface area contributed by atoms with Gasteiger partial charge in [-0.05, 0) is 42.9 Å². The highest BCUT2D eigenvalue weighted by molar-refractivity contribution is 6.02. The summed E-state index contributed by atoms with van der Waals surface area (Å²) in [5, 5.41) is 8.16. The minimum absolute atomic E-state index is 0.0569. The molecule has 0 radical (unpaired) electrons. The van der Waals surface area contributed by atoms with Gasteiger partial charge in [-0.25, -0.2) is 9.48 Å². The first-order valence-electron chi connectivity index (χ1n) is 12.1. The van der Waals surface area contributed by atoms with E-state index < -0.39 is 12.6 Å². The molecule has 1 aliphatic carbocycles. The molecular weight excluding hydrogens is 430 g/mol. The van der Waals surface area contributed by atoms with Crippen LogP contribution in [0.15, 0.2) is 53.3 Å². The third-order valence-corrected chi connectivity index (χ3v) is 6.32. The molecule has 4 rings (SSSR count). The predicted octanol–water partition coefficient (Wildman–Crippen LogP) is 4.33. The van der Waals surface area contributed by atoms with Crippen molar-refractivity contribution in [2.24, 2.45) is 0 Å². The van der Waals surface area contributed by atoms with Crippen molar-refractivity contribution in [2.75, 3.05) is 6.61 Å². The Balaban J connectivity index is 1.46. The normalized spacial score (nSPS) is 15.0. The molecule has 34 heavy (non-hydrogen) atoms. The summed E-state index contributed by atoms with van der Waals surface area (Å²) in [5.74, 6) is -1.06. The van der Waals surface area contributed by atoms with E-state index in [0.717, 1.165) is 50.5 Å². The zero-order chi connectivity index (χ0) is 23.9. The van der Waals surface area contributed by atoms with E-state index in [0.29, 0.717) is 17.3 Å². The summed E-state index contributed by atoms with van der Waals surface area (Å²) in [7, 11) is 0. The van der Waals surface area contributed by atoms with Crippen molar-refractivity contribution >= 4 is 22.6 Å². The Morgan fingerprint density at radius 1 is 1.06 bits per heavy atom. The number of nitrogens with zero attached hydrogens (tertiary/aromatic N) is 2. The van der Waals surface area contributed by atoms with Crippen LogP contribution in [-0.2, 0) is 22.5 Å². The highest BCUT2D eigenvalue weighted by Crippen LogP contribution is 2.29. The topological polar surface area (TPSA) is 90.3 Å². The number of hydrogen-bond donors (Lipinski definition) is 1. The van der Waals surface area contributed by atoms with E-state index in [1.807, 2.05) is 18.2 Å². The number of esters is 1. The number of unbranched alkanes of at least 4 members (excludes halogenated alkanes) is 3. The number of aryl methyl sites for hydroxylation is 2. The van der Waals surface area contributed by atoms with Gasteiger partial charge in [0.1, 0.15) is 0 Å². The molecule has 178 valence electrons. The van der Waals surface area contributed by atoms with Crippen LogP contribution in [0.25, 0.3) is 10.8 Å². The Morgan fingerprint density at radius 2 is 1.82 bits per heavy atom. The van der Waals surface area contributed by atoms with E-state index in [4.69, 9.17) is 4.74 Å². The van der Waals surface area contributed by atoms with Crippen LogP contribution in [0.2, 0.25) is 0 Å². The van der Waals surface area contributed by atoms with E-state index in [1.54, 1.807) is 24.3 Å². The first-order chi connectivity index (χ1) is 16.6. The van der Waals surface area contributed by atoms with Gasteiger partial charge < -0.3 is 10.1 Å². The van der Waals surface area contributed by atoms with Gasteiger partial charge in [-0.2, -0.15) is 5.10 Å². The van der Waals surface area contributed by atoms with Crippen molar-refractivity contribution in [3.05, 3.63) is 75.7 Å². The maximum Gasteiger partial charge on any atom is 0.359 e. The van der Waals surface area contributed by atoms with E-state index in [9.17, 15) is 14.4 Å². The van der Waals surface area contributed by atoms with Gasteiger partial charge in [-0.1, -0.05) is 68.7 Å². The van der Waals surface area contributed by atoms with Gasteiger partial charge in [0.25, 0.3) is 11.5 Å². The second kappa shape index (κ2) is 11.1. The zero-order valence-corrected chi connectivity index (χ0v) is 19.6. The van der Waals surface area contributed by atoms with Crippen LogP contribution in [-0.4, -0.2) is 28.3 Å². The van der Waals surface area contributed by atoms with Crippen LogP contribution in [0.1, 0.15) is 73.1 Å². The van der Waals surface area contributed by atoms with Crippen LogP contribution in [0, 0.1) is 0 Å². The molecule has 0 bridgehead atoms. The minimum Gasteiger partial charge on any atom is -0.451 e. The van der Waals surface area contributed by atoms with Gasteiger partial charge >= 0.3 is 5.97 Å². The lowest BCUT2D eigenvalue weighted by Crippen LogP contribution is -2.34. The van der Waals surface area contributed by atoms with Crippen LogP contribution < -0.4 is 10.9 Å². The average Bonchev–Trinajstić information content (AvgIpc) is 2.86. The van der Waals surface area contributed by atoms with E-state index in [1.165, 1.54) is 10.2 Å². The maximum absolute atomic E-state index is 12.9. The van der Waals surface area contributed by atoms with E-state index in [-0.39, 0.29) is 23.2 Å². The highest BCUT2D eigenvalue weighted by atomic mass is 16.5. The van der Waals surface area contributed by atoms with Crippen molar-refractivity contribution in [1.82, 2.24) is 15.1 Å². The molecule has 7 heteroatoms. The number of carbonyl (C=O) groups excluding carboxylic acids is 2. The van der Waals surface area contributed by atoms with Crippen LogP contribution in [0.4, 0.5) is 0 Å². The van der Waals surface area contributed by atoms with E-state index in [2.05, 4.69) is 23.4 Å². The average molecular weight is 462 g/mol. The second-order valence-electron chi connectivity index (χ2n) is 8.77. The SMILES string of the molecule is CCCCCCn1nc(C(=O)OCC(=O)NC2CCCc3ccccc32)c2ccccc2c1=O. The van der Waals surface area contributed by atoms with Gasteiger partial charge in [-0.3, -0.25) is 9.59 Å². The Labute approximate surface area is 199 Å². The molecule has 1 amide bonds. The molecule has 0 aliphatic heterocycles. The van der Waals surface area contributed by atoms with Crippen LogP contribution in [0.5, 0.6) is 0 Å². The smallest absolute Gasteiger partial charge is 0.359 e. The number of amides is 1. The molecule has 0 saturated carbocycles. The molecular formula is C27H31N3O4. The van der Waals surface area contributed by atoms with Crippen molar-refractivity contribution in [3.63, 3.8) is 0 Å². The van der Waals surface area contributed by atoms with Gasteiger partial charge in [0.15, 0.2) is 12.3 Å². The fourth-order valence-corrected chi connectivity index (χ4v) is 4.57. The van der Waals surface area contributed by atoms with Gasteiger partial charge in [0.05, 0.1) is 11.4 Å². The van der Waals surface area contributed by atoms with Crippen molar-refractivity contribution in [3.8, 4) is 0 Å². The molecule has 1 unspecified atom stereocenters. The summed E-state index contributed by atoms with van der Waals surface area (Å²) in [6, 6.07) is 14.9. The van der Waals surface area contributed by atoms with Crippen molar-refractivity contribution in [1.29, 1.82) is 0 Å². The maximum atomic E-state index is 12.9. The van der Waals surface area contributed by atoms with Crippen LogP contribution in [0.3, 0.4) is 0 Å². The van der Waals surface area contributed by atoms with Gasteiger partial charge in [-0.15, -0.1) is 0 Å². The summed E-state index contributed by atoms with van der Waals surface area (Å²) in [5.41, 5.74) is 2.20. The fourth-order valence-electron chi connectivity index (χ4n) is 4.57. The molecule has 0 fully saturated rings. The summed E-state index contributed by atoms with van der Waals surface area (Å²) in [6.07, 6.45) is 6.82. The third-order valence-electron chi connectivity index (χ3n) is 6.32. The molecule has 3 aromatic rings. The lowest BCUT2D eigenvalue weighted by Gasteiger charge is -2.26. The molecule has 1 aromatic heterocycles. The van der Waals surface area contributed by atoms with Crippen molar-refractivity contribution < 1.29 is 14.3 Å². The molecule has 2 aromatic carbocycles. The number of hydrogen-bond acceptors (Lipinski definition) is 5. The monoisotopic (exact) mass is 461 g/mol. The highest BCUT2D eigenvalue weighted by Gasteiger charge is 2.23. The number of nitrogens with one attached hydrogen (secondary N) is 1. The number of carbonyl (C=O) groups is 2. The largest absolute Gasteiger partial charge is 0.451 e. The standard InChI is InChI=1S/C27H31N3O4/c1-2-3-4-9-17-30-26(32)22-15-8-7-14-21(22)25(29-30)27(33)34-18-24(31)28-23-16-10-12-19-11-5-6-13-20(19)23/h5-8,11,13-15,23H,2-4,9-10,12,16-18H2,1H3,(H,28,31). The molecule has 1 aliphatic rings. The summed E-state index contributed by atoms with van der Waals surface area (Å²) < 4.78 is 6.68. The number of fused-ring (bicyclic) bond motifs is 2. The van der Waals surface area contributed by atoms with Gasteiger partial charge in [0, 0.05) is 11.9 Å². The Hall–Kier alpha value is -3.48. The lowest BCUT2D eigenvalue weighted by atomic mass is 9.88. The Kier molecular flexibility index (Phi) is 7.72. The van der Waals surface area contributed by atoms with E-state index >= 15 is 0 Å². The molecule has 0 spiro atoms. The molecule has 1 N–H and O–H groups in total. The summed E-state index contributed by atoms with van der Waals surface area (Å²) >= 11 is 0. The van der Waals surface area contributed by atoms with Gasteiger partial charge in [0.2, 0.25) is 0 Å². The van der Waals surface area contributed by atoms with Crippen LogP contribution >= 0.6 is 0 Å². The minimum atomic E-state index is -0.710. The number of ether oxygens (including phenoxy) is 1. The summed E-state index contributed by atoms with van der Waals surface area (Å²) in [6.45, 7) is 2.16.